The molecule has 2 aromatic rings. The second-order valence-electron chi connectivity index (χ2n) is 6.70. The summed E-state index contributed by atoms with van der Waals surface area (Å²) in [6, 6.07) is 17.8. The van der Waals surface area contributed by atoms with Crippen molar-refractivity contribution < 1.29 is 14.3 Å². The Morgan fingerprint density at radius 3 is 2.61 bits per heavy atom. The molecule has 0 unspecified atom stereocenters. The van der Waals surface area contributed by atoms with Crippen molar-refractivity contribution in [3.05, 3.63) is 65.7 Å². The molecule has 5 nitrogen and oxygen atoms in total. The summed E-state index contributed by atoms with van der Waals surface area (Å²) in [5, 5.41) is 8.63. The average Bonchev–Trinajstić information content (AvgIpc) is 2.77. The molecule has 0 radical (unpaired) electrons. The standard InChI is InChI=1S/C23H24N2O3/c1-27-22-17-18(7-9-21(22)28-16-13-24)8-10-23(26)25-14-11-20(12-15-25)19-5-3-2-4-6-19/h2-10,17,20H,11-12,14-16H2,1H3/b10-8+. The fraction of sp³-hybridized carbons (Fsp3) is 0.304. The Morgan fingerprint density at radius 2 is 1.93 bits per heavy atom. The van der Waals surface area contributed by atoms with E-state index in [-0.39, 0.29) is 12.5 Å². The van der Waals surface area contributed by atoms with Crippen LogP contribution in [0.2, 0.25) is 0 Å². The maximum absolute atomic E-state index is 12.5. The number of amides is 1. The molecule has 0 spiro atoms. The van der Waals surface area contributed by atoms with Gasteiger partial charge in [0.25, 0.3) is 0 Å². The van der Waals surface area contributed by atoms with E-state index in [2.05, 4.69) is 24.3 Å². The minimum absolute atomic E-state index is 0.0234. The summed E-state index contributed by atoms with van der Waals surface area (Å²) >= 11 is 0. The summed E-state index contributed by atoms with van der Waals surface area (Å²) in [6.07, 6.45) is 5.36. The van der Waals surface area contributed by atoms with Gasteiger partial charge in [-0.15, -0.1) is 0 Å². The second-order valence-corrected chi connectivity index (χ2v) is 6.70. The monoisotopic (exact) mass is 376 g/mol. The van der Waals surface area contributed by atoms with Gasteiger partial charge in [0.15, 0.2) is 18.1 Å². The summed E-state index contributed by atoms with van der Waals surface area (Å²) in [4.78, 5) is 14.4. The first kappa shape index (κ1) is 19.5. The number of rotatable bonds is 6. The summed E-state index contributed by atoms with van der Waals surface area (Å²) in [5.41, 5.74) is 2.20. The quantitative estimate of drug-likeness (QED) is 0.715. The summed E-state index contributed by atoms with van der Waals surface area (Å²) in [5.74, 6) is 1.60. The van der Waals surface area contributed by atoms with Crippen LogP contribution in [0.25, 0.3) is 6.08 Å². The van der Waals surface area contributed by atoms with Gasteiger partial charge in [-0.2, -0.15) is 5.26 Å². The SMILES string of the molecule is COc1cc(/C=C/C(=O)N2CCC(c3ccccc3)CC2)ccc1OCC#N. The van der Waals surface area contributed by atoms with Gasteiger partial charge in [-0.05, 0) is 48.1 Å². The summed E-state index contributed by atoms with van der Waals surface area (Å²) < 4.78 is 10.6. The summed E-state index contributed by atoms with van der Waals surface area (Å²) in [6.45, 7) is 1.50. The molecule has 144 valence electrons. The highest BCUT2D eigenvalue weighted by Crippen LogP contribution is 2.29. The second kappa shape index (κ2) is 9.61. The third kappa shape index (κ3) is 4.92. The van der Waals surface area contributed by atoms with Crippen LogP contribution in [-0.2, 0) is 4.79 Å². The molecule has 0 aliphatic carbocycles. The van der Waals surface area contributed by atoms with Crippen molar-refractivity contribution in [3.63, 3.8) is 0 Å². The molecule has 1 aliphatic rings. The predicted octanol–water partition coefficient (Wildman–Crippen LogP) is 4.02. The van der Waals surface area contributed by atoms with Gasteiger partial charge in [0.05, 0.1) is 7.11 Å². The van der Waals surface area contributed by atoms with Gasteiger partial charge < -0.3 is 14.4 Å². The number of carbonyl (C=O) groups excluding carboxylic acids is 1. The van der Waals surface area contributed by atoms with Crippen molar-refractivity contribution in [2.45, 2.75) is 18.8 Å². The molecule has 2 aromatic carbocycles. The molecular formula is C23H24N2O3. The molecule has 1 heterocycles. The minimum atomic E-state index is -0.0387. The van der Waals surface area contributed by atoms with Gasteiger partial charge in [-0.3, -0.25) is 4.79 Å². The van der Waals surface area contributed by atoms with Crippen LogP contribution < -0.4 is 9.47 Å². The largest absolute Gasteiger partial charge is 0.493 e. The van der Waals surface area contributed by atoms with Crippen molar-refractivity contribution in [1.29, 1.82) is 5.26 Å². The first-order valence-electron chi connectivity index (χ1n) is 9.41. The molecule has 1 amide bonds. The lowest BCUT2D eigenvalue weighted by Gasteiger charge is -2.31. The zero-order valence-corrected chi connectivity index (χ0v) is 16.0. The van der Waals surface area contributed by atoms with Crippen LogP contribution in [-0.4, -0.2) is 37.6 Å². The highest BCUT2D eigenvalue weighted by Gasteiger charge is 2.22. The lowest BCUT2D eigenvalue weighted by molar-refractivity contribution is -0.126. The molecule has 5 heteroatoms. The van der Waals surface area contributed by atoms with Crippen molar-refractivity contribution in [2.24, 2.45) is 0 Å². The number of piperidine rings is 1. The van der Waals surface area contributed by atoms with Crippen LogP contribution >= 0.6 is 0 Å². The van der Waals surface area contributed by atoms with E-state index in [1.807, 2.05) is 23.1 Å². The van der Waals surface area contributed by atoms with Crippen molar-refractivity contribution >= 4 is 12.0 Å². The van der Waals surface area contributed by atoms with Gasteiger partial charge in [-0.25, -0.2) is 0 Å². The molecule has 1 saturated heterocycles. The van der Waals surface area contributed by atoms with E-state index in [1.165, 1.54) is 5.56 Å². The van der Waals surface area contributed by atoms with Crippen LogP contribution in [0.5, 0.6) is 11.5 Å². The first-order valence-corrected chi connectivity index (χ1v) is 9.41. The third-order valence-electron chi connectivity index (χ3n) is 4.98. The van der Waals surface area contributed by atoms with E-state index >= 15 is 0 Å². The molecular weight excluding hydrogens is 352 g/mol. The lowest BCUT2D eigenvalue weighted by atomic mass is 9.89. The normalized spacial score (nSPS) is 14.6. The Bertz CT molecular complexity index is 863. The average molecular weight is 376 g/mol. The maximum atomic E-state index is 12.5. The van der Waals surface area contributed by atoms with E-state index in [4.69, 9.17) is 14.7 Å². The Hall–Kier alpha value is -3.26. The van der Waals surface area contributed by atoms with Crippen LogP contribution in [0.3, 0.4) is 0 Å². The molecule has 0 bridgehead atoms. The smallest absolute Gasteiger partial charge is 0.246 e. The number of nitrogens with zero attached hydrogens (tertiary/aromatic N) is 2. The number of hydrogen-bond acceptors (Lipinski definition) is 4. The third-order valence-corrected chi connectivity index (χ3v) is 4.98. The predicted molar refractivity (Wildman–Crippen MR) is 108 cm³/mol. The molecule has 0 atom stereocenters. The Balaban J connectivity index is 1.57. The van der Waals surface area contributed by atoms with E-state index < -0.39 is 0 Å². The highest BCUT2D eigenvalue weighted by molar-refractivity contribution is 5.92. The Kier molecular flexibility index (Phi) is 6.69. The number of nitriles is 1. The highest BCUT2D eigenvalue weighted by atomic mass is 16.5. The van der Waals surface area contributed by atoms with Gasteiger partial charge in [0, 0.05) is 19.2 Å². The van der Waals surface area contributed by atoms with Crippen LogP contribution in [0.1, 0.15) is 29.9 Å². The molecule has 28 heavy (non-hydrogen) atoms. The molecule has 1 aliphatic heterocycles. The lowest BCUT2D eigenvalue weighted by Crippen LogP contribution is -2.36. The topological polar surface area (TPSA) is 62.6 Å². The molecule has 0 saturated carbocycles. The Morgan fingerprint density at radius 1 is 1.18 bits per heavy atom. The maximum Gasteiger partial charge on any atom is 0.246 e. The van der Waals surface area contributed by atoms with Crippen LogP contribution in [0, 0.1) is 11.3 Å². The van der Waals surface area contributed by atoms with Crippen LogP contribution in [0.4, 0.5) is 0 Å². The zero-order chi connectivity index (χ0) is 19.8. The number of hydrogen-bond donors (Lipinski definition) is 0. The zero-order valence-electron chi connectivity index (χ0n) is 16.0. The van der Waals surface area contributed by atoms with Gasteiger partial charge in [-0.1, -0.05) is 36.4 Å². The van der Waals surface area contributed by atoms with Crippen molar-refractivity contribution in [1.82, 2.24) is 4.90 Å². The van der Waals surface area contributed by atoms with Crippen molar-refractivity contribution in [2.75, 3.05) is 26.8 Å². The number of benzene rings is 2. The van der Waals surface area contributed by atoms with E-state index in [1.54, 1.807) is 31.4 Å². The molecule has 3 rings (SSSR count). The number of methoxy groups -OCH3 is 1. The van der Waals surface area contributed by atoms with Gasteiger partial charge in [0.2, 0.25) is 5.91 Å². The molecule has 1 fully saturated rings. The van der Waals surface area contributed by atoms with E-state index in [0.29, 0.717) is 17.4 Å². The van der Waals surface area contributed by atoms with E-state index in [0.717, 1.165) is 31.5 Å². The summed E-state index contributed by atoms with van der Waals surface area (Å²) in [7, 11) is 1.55. The number of ether oxygens (including phenoxy) is 2. The number of likely N-dealkylation sites (tertiary alicyclic amines) is 1. The fourth-order valence-corrected chi connectivity index (χ4v) is 3.45. The fourth-order valence-electron chi connectivity index (χ4n) is 3.45. The molecule has 0 N–H and O–H groups in total. The van der Waals surface area contributed by atoms with E-state index in [9.17, 15) is 4.79 Å². The first-order chi connectivity index (χ1) is 13.7. The van der Waals surface area contributed by atoms with Gasteiger partial charge >= 0.3 is 0 Å². The van der Waals surface area contributed by atoms with Crippen LogP contribution in [0.15, 0.2) is 54.6 Å². The van der Waals surface area contributed by atoms with Crippen molar-refractivity contribution in [3.8, 4) is 17.6 Å². The minimum Gasteiger partial charge on any atom is -0.493 e. The number of carbonyl (C=O) groups is 1. The molecule has 0 aromatic heterocycles. The van der Waals surface area contributed by atoms with Gasteiger partial charge in [0.1, 0.15) is 6.07 Å². The Labute approximate surface area is 165 Å².